The lowest BCUT2D eigenvalue weighted by Gasteiger charge is -2.26. The molecule has 0 atom stereocenters. The molecule has 1 saturated carbocycles. The largest absolute Gasteiger partial charge is 0.393 e. The fraction of sp³-hybridized carbons (Fsp3) is 0.350. The highest BCUT2D eigenvalue weighted by atomic mass is 19.1. The predicted octanol–water partition coefficient (Wildman–Crippen LogP) is 3.04. The van der Waals surface area contributed by atoms with Crippen LogP contribution in [0.1, 0.15) is 41.7 Å². The number of benzene rings is 1. The van der Waals surface area contributed by atoms with Gasteiger partial charge in [0.25, 0.3) is 5.91 Å². The van der Waals surface area contributed by atoms with E-state index in [0.29, 0.717) is 42.3 Å². The minimum Gasteiger partial charge on any atom is -0.393 e. The first-order valence-corrected chi connectivity index (χ1v) is 9.22. The molecule has 8 heteroatoms. The van der Waals surface area contributed by atoms with Crippen molar-refractivity contribution in [2.24, 2.45) is 0 Å². The number of hydrogen-bond acceptors (Lipinski definition) is 4. The molecular weight excluding hydrogens is 366 g/mol. The average molecular weight is 386 g/mol. The van der Waals surface area contributed by atoms with Gasteiger partial charge >= 0.3 is 0 Å². The number of fused-ring (bicyclic) bond motifs is 1. The molecule has 0 spiro atoms. The van der Waals surface area contributed by atoms with E-state index in [-0.39, 0.29) is 23.5 Å². The van der Waals surface area contributed by atoms with Crippen LogP contribution < -0.4 is 5.32 Å². The molecule has 1 fully saturated rings. The Kier molecular flexibility index (Phi) is 4.80. The third kappa shape index (κ3) is 3.35. The first kappa shape index (κ1) is 18.5. The Labute approximate surface area is 160 Å². The molecule has 6 nitrogen and oxygen atoms in total. The molecule has 1 aliphatic carbocycles. The second kappa shape index (κ2) is 7.27. The lowest BCUT2D eigenvalue weighted by Crippen LogP contribution is -2.38. The molecule has 1 aliphatic rings. The number of aliphatic hydroxyl groups is 1. The first-order chi connectivity index (χ1) is 13.4. The van der Waals surface area contributed by atoms with E-state index in [1.165, 1.54) is 23.0 Å². The summed E-state index contributed by atoms with van der Waals surface area (Å²) in [5.74, 6) is -1.66. The zero-order valence-electron chi connectivity index (χ0n) is 15.3. The van der Waals surface area contributed by atoms with Crippen LogP contribution >= 0.6 is 0 Å². The fourth-order valence-corrected chi connectivity index (χ4v) is 3.66. The number of amides is 1. The van der Waals surface area contributed by atoms with Gasteiger partial charge in [0.1, 0.15) is 5.82 Å². The summed E-state index contributed by atoms with van der Waals surface area (Å²) < 4.78 is 30.0. The van der Waals surface area contributed by atoms with E-state index >= 15 is 0 Å². The number of halogens is 2. The molecule has 1 amide bonds. The number of aromatic nitrogens is 3. The summed E-state index contributed by atoms with van der Waals surface area (Å²) in [5.41, 5.74) is 0.934. The number of rotatable bonds is 3. The molecule has 2 aromatic heterocycles. The number of carbonyl (C=O) groups excluding carboxylic acids is 1. The highest BCUT2D eigenvalue weighted by Gasteiger charge is 2.22. The van der Waals surface area contributed by atoms with Crippen molar-refractivity contribution in [1.29, 1.82) is 0 Å². The monoisotopic (exact) mass is 386 g/mol. The zero-order valence-corrected chi connectivity index (χ0v) is 15.3. The maximum absolute atomic E-state index is 14.7. The topological polar surface area (TPSA) is 80.0 Å². The number of pyridine rings is 1. The molecule has 2 N–H and O–H groups in total. The van der Waals surface area contributed by atoms with Gasteiger partial charge in [0, 0.05) is 12.2 Å². The van der Waals surface area contributed by atoms with Crippen LogP contribution in [0.25, 0.3) is 16.7 Å². The van der Waals surface area contributed by atoms with E-state index in [1.54, 1.807) is 13.0 Å². The van der Waals surface area contributed by atoms with Gasteiger partial charge in [-0.05, 0) is 50.8 Å². The van der Waals surface area contributed by atoms with Crippen molar-refractivity contribution in [3.05, 3.63) is 53.4 Å². The summed E-state index contributed by atoms with van der Waals surface area (Å²) in [7, 11) is 0. The molecule has 0 saturated heterocycles. The van der Waals surface area contributed by atoms with Gasteiger partial charge < -0.3 is 10.4 Å². The van der Waals surface area contributed by atoms with Crippen LogP contribution in [0.4, 0.5) is 8.78 Å². The van der Waals surface area contributed by atoms with Gasteiger partial charge in [0.2, 0.25) is 0 Å². The molecule has 0 unspecified atom stereocenters. The van der Waals surface area contributed by atoms with Gasteiger partial charge in [-0.15, -0.1) is 0 Å². The number of carbonyl (C=O) groups is 1. The molecular formula is C20H20F2N4O2. The zero-order chi connectivity index (χ0) is 19.8. The smallest absolute Gasteiger partial charge is 0.253 e. The number of hydrogen-bond donors (Lipinski definition) is 2. The van der Waals surface area contributed by atoms with Gasteiger partial charge in [0.15, 0.2) is 11.6 Å². The molecule has 0 bridgehead atoms. The maximum atomic E-state index is 14.7. The molecule has 2 heterocycles. The van der Waals surface area contributed by atoms with Crippen LogP contribution in [0.15, 0.2) is 30.5 Å². The van der Waals surface area contributed by atoms with Crippen molar-refractivity contribution < 1.29 is 18.7 Å². The van der Waals surface area contributed by atoms with Crippen molar-refractivity contribution in [2.75, 3.05) is 0 Å². The highest BCUT2D eigenvalue weighted by Crippen LogP contribution is 2.25. The van der Waals surface area contributed by atoms with Crippen LogP contribution in [0.3, 0.4) is 0 Å². The Hall–Kier alpha value is -2.87. The third-order valence-electron chi connectivity index (χ3n) is 5.15. The van der Waals surface area contributed by atoms with Gasteiger partial charge in [-0.25, -0.2) is 18.4 Å². The van der Waals surface area contributed by atoms with E-state index in [0.717, 1.165) is 6.07 Å². The molecule has 3 aromatic rings. The van der Waals surface area contributed by atoms with Crippen molar-refractivity contribution in [3.8, 4) is 5.82 Å². The van der Waals surface area contributed by atoms with Crippen molar-refractivity contribution in [3.63, 3.8) is 0 Å². The third-order valence-corrected chi connectivity index (χ3v) is 5.15. The van der Waals surface area contributed by atoms with Crippen LogP contribution in [0, 0.1) is 18.6 Å². The van der Waals surface area contributed by atoms with Gasteiger partial charge in [-0.3, -0.25) is 4.79 Å². The van der Waals surface area contributed by atoms with E-state index in [4.69, 9.17) is 0 Å². The number of aryl methyl sites for hydroxylation is 1. The number of aliphatic hydroxyl groups excluding tert-OH is 1. The molecule has 0 aliphatic heterocycles. The van der Waals surface area contributed by atoms with Crippen molar-refractivity contribution in [2.45, 2.75) is 44.8 Å². The SMILES string of the molecule is Cc1nn(-c2ncc(C(=O)NC3CCC(O)CC3)cc2F)c2cccc(F)c12. The summed E-state index contributed by atoms with van der Waals surface area (Å²) in [5, 5.41) is 16.9. The van der Waals surface area contributed by atoms with E-state index in [9.17, 15) is 18.7 Å². The Balaban J connectivity index is 1.60. The number of nitrogens with zero attached hydrogens (tertiary/aromatic N) is 3. The average Bonchev–Trinajstić information content (AvgIpc) is 3.01. The molecule has 28 heavy (non-hydrogen) atoms. The lowest BCUT2D eigenvalue weighted by molar-refractivity contribution is 0.0867. The minimum atomic E-state index is -0.722. The van der Waals surface area contributed by atoms with Crippen LogP contribution in [0.5, 0.6) is 0 Å². The van der Waals surface area contributed by atoms with Gasteiger partial charge in [-0.2, -0.15) is 5.10 Å². The Morgan fingerprint density at radius 3 is 2.68 bits per heavy atom. The fourth-order valence-electron chi connectivity index (χ4n) is 3.66. The number of nitrogens with one attached hydrogen (secondary N) is 1. The standard InChI is InChI=1S/C20H20F2N4O2/c1-11-18-15(21)3-2-4-17(18)26(25-11)19-16(22)9-12(10-23-19)20(28)24-13-5-7-14(27)8-6-13/h2-4,9-10,13-14,27H,5-8H2,1H3,(H,24,28). The van der Waals surface area contributed by atoms with Crippen LogP contribution in [0.2, 0.25) is 0 Å². The van der Waals surface area contributed by atoms with Crippen molar-refractivity contribution in [1.82, 2.24) is 20.1 Å². The molecule has 4 rings (SSSR count). The Morgan fingerprint density at radius 2 is 1.96 bits per heavy atom. The molecule has 1 aromatic carbocycles. The van der Waals surface area contributed by atoms with E-state index in [1.807, 2.05) is 0 Å². The quantitative estimate of drug-likeness (QED) is 0.725. The van der Waals surface area contributed by atoms with Gasteiger partial charge in [0.05, 0.1) is 28.3 Å². The summed E-state index contributed by atoms with van der Waals surface area (Å²) >= 11 is 0. The summed E-state index contributed by atoms with van der Waals surface area (Å²) in [6.45, 7) is 1.64. The normalized spacial score (nSPS) is 19.7. The maximum Gasteiger partial charge on any atom is 0.253 e. The van der Waals surface area contributed by atoms with Crippen LogP contribution in [-0.4, -0.2) is 37.9 Å². The molecule has 0 radical (unpaired) electrons. The lowest BCUT2D eigenvalue weighted by atomic mass is 9.93. The summed E-state index contributed by atoms with van der Waals surface area (Å²) in [4.78, 5) is 16.5. The Bertz CT molecular complexity index is 1040. The highest BCUT2D eigenvalue weighted by molar-refractivity contribution is 5.94. The summed E-state index contributed by atoms with van der Waals surface area (Å²) in [6.07, 6.45) is 3.62. The second-order valence-electron chi connectivity index (χ2n) is 7.14. The van der Waals surface area contributed by atoms with Gasteiger partial charge in [-0.1, -0.05) is 6.07 Å². The minimum absolute atomic E-state index is 0.0423. The Morgan fingerprint density at radius 1 is 1.21 bits per heavy atom. The summed E-state index contributed by atoms with van der Waals surface area (Å²) in [6, 6.07) is 5.55. The predicted molar refractivity (Wildman–Crippen MR) is 99.2 cm³/mol. The molecule has 146 valence electrons. The van der Waals surface area contributed by atoms with Crippen LogP contribution in [-0.2, 0) is 0 Å². The second-order valence-corrected chi connectivity index (χ2v) is 7.14. The van der Waals surface area contributed by atoms with E-state index < -0.39 is 17.5 Å². The van der Waals surface area contributed by atoms with Crippen molar-refractivity contribution >= 4 is 16.8 Å². The van der Waals surface area contributed by atoms with E-state index in [2.05, 4.69) is 15.4 Å². The first-order valence-electron chi connectivity index (χ1n) is 9.22.